The van der Waals surface area contributed by atoms with Crippen LogP contribution in [0.4, 0.5) is 9.59 Å². The van der Waals surface area contributed by atoms with Crippen LogP contribution in [0.3, 0.4) is 0 Å². The number of hydrogen-bond donors (Lipinski definition) is 3. The van der Waals surface area contributed by atoms with Crippen molar-refractivity contribution in [3.8, 4) is 0 Å². The van der Waals surface area contributed by atoms with Crippen molar-refractivity contribution < 1.29 is 33.4 Å². The molecule has 3 aliphatic rings. The van der Waals surface area contributed by atoms with Gasteiger partial charge < -0.3 is 30.7 Å². The smallest absolute Gasteiger partial charge is 0.410 e. The molecule has 5 amide bonds. The zero-order chi connectivity index (χ0) is 33.4. The zero-order valence-electron chi connectivity index (χ0n) is 27.5. The van der Waals surface area contributed by atoms with Gasteiger partial charge in [-0.2, -0.15) is 0 Å². The first-order valence-corrected chi connectivity index (χ1v) is 16.4. The number of ether oxygens (including phenoxy) is 2. The van der Waals surface area contributed by atoms with Crippen molar-refractivity contribution in [2.45, 2.75) is 116 Å². The van der Waals surface area contributed by atoms with E-state index in [1.807, 2.05) is 31.2 Å². The summed E-state index contributed by atoms with van der Waals surface area (Å²) in [5.41, 5.74) is 8.20. The lowest BCUT2D eigenvalue weighted by atomic mass is 10.0. The summed E-state index contributed by atoms with van der Waals surface area (Å²) < 4.78 is 11.2. The van der Waals surface area contributed by atoms with Crippen LogP contribution in [0.2, 0.25) is 0 Å². The molecule has 0 radical (unpaired) electrons. The molecule has 4 N–H and O–H groups in total. The molecule has 1 saturated carbocycles. The molecule has 2 aliphatic heterocycles. The number of amides is 5. The molecule has 12 heteroatoms. The number of carbonyl (C=O) groups excluding carboxylic acids is 5. The van der Waals surface area contributed by atoms with Crippen molar-refractivity contribution in [1.29, 1.82) is 0 Å². The van der Waals surface area contributed by atoms with E-state index in [9.17, 15) is 24.0 Å². The van der Waals surface area contributed by atoms with E-state index in [0.29, 0.717) is 32.5 Å². The average molecular weight is 640 g/mol. The molecule has 252 valence electrons. The monoisotopic (exact) mass is 639 g/mol. The molecule has 1 aliphatic carbocycles. The van der Waals surface area contributed by atoms with Crippen LogP contribution < -0.4 is 16.4 Å². The number of alkyl carbamates (subject to hydrolysis) is 1. The number of hydrogen-bond acceptors (Lipinski definition) is 7. The van der Waals surface area contributed by atoms with Crippen LogP contribution in [-0.4, -0.2) is 76.6 Å². The second-order valence-electron chi connectivity index (χ2n) is 13.4. The molecule has 2 fully saturated rings. The van der Waals surface area contributed by atoms with E-state index in [1.54, 1.807) is 25.7 Å². The summed E-state index contributed by atoms with van der Waals surface area (Å²) in [7, 11) is 0. The molecule has 12 nitrogen and oxygen atoms in total. The van der Waals surface area contributed by atoms with Crippen molar-refractivity contribution in [2.24, 2.45) is 11.7 Å². The highest BCUT2D eigenvalue weighted by atomic mass is 16.6. The molecule has 1 aromatic rings. The van der Waals surface area contributed by atoms with Gasteiger partial charge in [0.05, 0.1) is 12.5 Å². The summed E-state index contributed by atoms with van der Waals surface area (Å²) in [6.45, 7) is 8.76. The standard InChI is InChI=1S/C34H49N5O7/c1-5-16-36-30(41)26-17-22(26)12-8-6-7-9-15-27(37-32(43)46-34(2,3)4)31(42)39-21-25(18-28(39)29(35)40)45-33(44)38-19-23-13-10-11-14-24(23)20-38/h10-14,25-28H,5-9,15-21H2,1-4H3,(H2,35,40)(H,36,41)(H,37,43)/b22-12-/t25-,26+,27+,28+/m1/s1. The van der Waals surface area contributed by atoms with Gasteiger partial charge in [-0.1, -0.05) is 55.7 Å². The number of rotatable bonds is 13. The Kier molecular flexibility index (Phi) is 11.7. The zero-order valence-corrected chi connectivity index (χ0v) is 27.5. The fourth-order valence-corrected chi connectivity index (χ4v) is 5.97. The lowest BCUT2D eigenvalue weighted by molar-refractivity contribution is -0.139. The van der Waals surface area contributed by atoms with Crippen molar-refractivity contribution >= 4 is 29.9 Å². The first-order valence-electron chi connectivity index (χ1n) is 16.4. The van der Waals surface area contributed by atoms with Crippen LogP contribution >= 0.6 is 0 Å². The minimum absolute atomic E-state index is 0.00000550. The molecular formula is C34H49N5O7. The van der Waals surface area contributed by atoms with Gasteiger partial charge in [-0.15, -0.1) is 0 Å². The third-order valence-electron chi connectivity index (χ3n) is 8.43. The number of fused-ring (bicyclic) bond motifs is 1. The topological polar surface area (TPSA) is 160 Å². The number of nitrogens with one attached hydrogen (secondary N) is 2. The maximum Gasteiger partial charge on any atom is 0.410 e. The highest BCUT2D eigenvalue weighted by Crippen LogP contribution is 2.38. The summed E-state index contributed by atoms with van der Waals surface area (Å²) in [5, 5.41) is 5.63. The van der Waals surface area contributed by atoms with Crippen LogP contribution in [-0.2, 0) is 36.9 Å². The number of benzene rings is 1. The lowest BCUT2D eigenvalue weighted by Gasteiger charge is -2.28. The first kappa shape index (κ1) is 34.8. The highest BCUT2D eigenvalue weighted by Gasteiger charge is 2.43. The van der Waals surface area contributed by atoms with Crippen LogP contribution in [0.5, 0.6) is 0 Å². The molecule has 2 heterocycles. The Bertz CT molecular complexity index is 1300. The molecule has 1 aromatic carbocycles. The van der Waals surface area contributed by atoms with Crippen LogP contribution in [0.1, 0.15) is 90.2 Å². The summed E-state index contributed by atoms with van der Waals surface area (Å²) in [4.78, 5) is 67.0. The van der Waals surface area contributed by atoms with E-state index in [4.69, 9.17) is 15.2 Å². The number of likely N-dealkylation sites (tertiary alicyclic amines) is 1. The van der Waals surface area contributed by atoms with E-state index in [-0.39, 0.29) is 24.8 Å². The number of carbonyl (C=O) groups is 5. The Morgan fingerprint density at radius 3 is 2.39 bits per heavy atom. The number of unbranched alkanes of at least 4 members (excludes halogenated alkanes) is 3. The van der Waals surface area contributed by atoms with Gasteiger partial charge in [0.2, 0.25) is 17.7 Å². The number of allylic oxidation sites excluding steroid dienone is 1. The van der Waals surface area contributed by atoms with Crippen LogP contribution in [0.25, 0.3) is 0 Å². The van der Waals surface area contributed by atoms with Gasteiger partial charge in [0.1, 0.15) is 23.8 Å². The Morgan fingerprint density at radius 2 is 1.76 bits per heavy atom. The number of nitrogens with two attached hydrogens (primary N) is 1. The molecule has 0 bridgehead atoms. The second-order valence-corrected chi connectivity index (χ2v) is 13.4. The molecule has 1 saturated heterocycles. The molecule has 4 atom stereocenters. The Balaban J connectivity index is 1.32. The van der Waals surface area contributed by atoms with Crippen molar-refractivity contribution in [1.82, 2.24) is 20.4 Å². The van der Waals surface area contributed by atoms with Gasteiger partial charge in [0, 0.05) is 26.1 Å². The Morgan fingerprint density at radius 1 is 1.07 bits per heavy atom. The molecule has 0 spiro atoms. The van der Waals surface area contributed by atoms with Gasteiger partial charge in [-0.25, -0.2) is 9.59 Å². The quantitative estimate of drug-likeness (QED) is 0.218. The molecule has 4 rings (SSSR count). The maximum atomic E-state index is 13.8. The van der Waals surface area contributed by atoms with E-state index < -0.39 is 47.8 Å². The van der Waals surface area contributed by atoms with Gasteiger partial charge in [-0.3, -0.25) is 19.3 Å². The van der Waals surface area contributed by atoms with Crippen LogP contribution in [0, 0.1) is 5.92 Å². The largest absolute Gasteiger partial charge is 0.444 e. The van der Waals surface area contributed by atoms with Crippen molar-refractivity contribution in [2.75, 3.05) is 13.1 Å². The fraction of sp³-hybridized carbons (Fsp3) is 0.618. The van der Waals surface area contributed by atoms with Gasteiger partial charge >= 0.3 is 12.2 Å². The summed E-state index contributed by atoms with van der Waals surface area (Å²) in [6, 6.07) is 5.85. The third-order valence-corrected chi connectivity index (χ3v) is 8.43. The Labute approximate surface area is 271 Å². The van der Waals surface area contributed by atoms with Gasteiger partial charge in [0.25, 0.3) is 0 Å². The van der Waals surface area contributed by atoms with Gasteiger partial charge in [0.15, 0.2) is 0 Å². The summed E-state index contributed by atoms with van der Waals surface area (Å²) in [5.74, 6) is -1.08. The lowest BCUT2D eigenvalue weighted by Crippen LogP contribution is -2.53. The summed E-state index contributed by atoms with van der Waals surface area (Å²) in [6.07, 6.45) is 5.42. The van der Waals surface area contributed by atoms with Crippen molar-refractivity contribution in [3.05, 3.63) is 47.0 Å². The summed E-state index contributed by atoms with van der Waals surface area (Å²) >= 11 is 0. The predicted molar refractivity (Wildman–Crippen MR) is 171 cm³/mol. The van der Waals surface area contributed by atoms with E-state index in [1.165, 1.54) is 10.5 Å². The maximum absolute atomic E-state index is 13.8. The molecular weight excluding hydrogens is 590 g/mol. The average Bonchev–Trinajstić information content (AvgIpc) is 3.42. The van der Waals surface area contributed by atoms with E-state index in [2.05, 4.69) is 16.7 Å². The first-order chi connectivity index (χ1) is 21.9. The molecule has 0 unspecified atom stereocenters. The Hall–Kier alpha value is -4.09. The SMILES string of the molecule is CCCNC(=O)[C@H]1C/C1=C/CCCCC[C@H](NC(=O)OC(C)(C)C)C(=O)N1C[C@H](OC(=O)N2Cc3ccccc3C2)C[C@H]1C(N)=O. The predicted octanol–water partition coefficient (Wildman–Crippen LogP) is 3.91. The molecule has 0 aromatic heterocycles. The minimum Gasteiger partial charge on any atom is -0.444 e. The normalized spacial score (nSPS) is 21.8. The van der Waals surface area contributed by atoms with E-state index >= 15 is 0 Å². The van der Waals surface area contributed by atoms with Gasteiger partial charge in [-0.05, 0) is 64.0 Å². The third kappa shape index (κ3) is 9.70. The number of primary amides is 1. The minimum atomic E-state index is -0.975. The van der Waals surface area contributed by atoms with Crippen LogP contribution in [0.15, 0.2) is 35.9 Å². The number of nitrogens with zero attached hydrogens (tertiary/aromatic N) is 2. The second kappa shape index (κ2) is 15.5. The molecule has 46 heavy (non-hydrogen) atoms. The van der Waals surface area contributed by atoms with E-state index in [0.717, 1.165) is 43.2 Å². The van der Waals surface area contributed by atoms with Crippen molar-refractivity contribution in [3.63, 3.8) is 0 Å². The highest BCUT2D eigenvalue weighted by molar-refractivity contribution is 5.91. The fourth-order valence-electron chi connectivity index (χ4n) is 5.97.